The molecule has 3 rings (SSSR count). The number of ether oxygens (including phenoxy) is 3. The summed E-state index contributed by atoms with van der Waals surface area (Å²) in [7, 11) is 0. The Morgan fingerprint density at radius 1 is 1.17 bits per heavy atom. The highest BCUT2D eigenvalue weighted by atomic mass is 16.6. The highest BCUT2D eigenvalue weighted by Gasteiger charge is 2.37. The molecule has 0 N–H and O–H groups in total. The zero-order chi connectivity index (χ0) is 16.4. The van der Waals surface area contributed by atoms with E-state index in [0.717, 1.165) is 37.4 Å². The summed E-state index contributed by atoms with van der Waals surface area (Å²) in [4.78, 5) is 14.2. The topological polar surface area (TPSA) is 48.0 Å². The zero-order valence-corrected chi connectivity index (χ0v) is 14.1. The molecule has 23 heavy (non-hydrogen) atoms. The Balaban J connectivity index is 1.82. The van der Waals surface area contributed by atoms with Gasteiger partial charge in [-0.3, -0.25) is 9.69 Å². The lowest BCUT2D eigenvalue weighted by atomic mass is 9.97. The molecule has 5 heteroatoms. The fourth-order valence-electron chi connectivity index (χ4n) is 3.42. The average molecular weight is 319 g/mol. The number of fused-ring (bicyclic) bond motifs is 1. The second-order valence-corrected chi connectivity index (χ2v) is 6.15. The third-order valence-electron chi connectivity index (χ3n) is 4.49. The molecule has 2 aliphatic heterocycles. The van der Waals surface area contributed by atoms with Crippen LogP contribution < -0.4 is 9.47 Å². The summed E-state index contributed by atoms with van der Waals surface area (Å²) in [5.41, 5.74) is 2.50. The first-order valence-electron chi connectivity index (χ1n) is 8.48. The molecule has 1 saturated heterocycles. The second-order valence-electron chi connectivity index (χ2n) is 6.15. The number of carbonyl (C=O) groups is 1. The largest absolute Gasteiger partial charge is 0.490 e. The predicted molar refractivity (Wildman–Crippen MR) is 86.9 cm³/mol. The summed E-state index contributed by atoms with van der Waals surface area (Å²) < 4.78 is 16.7. The predicted octanol–water partition coefficient (Wildman–Crippen LogP) is 2.55. The van der Waals surface area contributed by atoms with Crippen molar-refractivity contribution in [2.45, 2.75) is 52.3 Å². The molecular formula is C18H25NO4. The molecule has 0 bridgehead atoms. The van der Waals surface area contributed by atoms with Crippen LogP contribution in [0, 0.1) is 0 Å². The number of esters is 1. The minimum Gasteiger partial charge on any atom is -0.490 e. The monoisotopic (exact) mass is 319 g/mol. The summed E-state index contributed by atoms with van der Waals surface area (Å²) in [5, 5.41) is 0. The molecule has 0 unspecified atom stereocenters. The summed E-state index contributed by atoms with van der Waals surface area (Å²) in [6, 6.07) is 4.05. The van der Waals surface area contributed by atoms with Gasteiger partial charge in [-0.2, -0.15) is 0 Å². The van der Waals surface area contributed by atoms with Gasteiger partial charge in [0.15, 0.2) is 11.5 Å². The van der Waals surface area contributed by atoms with Gasteiger partial charge >= 0.3 is 5.97 Å². The van der Waals surface area contributed by atoms with Gasteiger partial charge in [-0.15, -0.1) is 0 Å². The molecular weight excluding hydrogens is 294 g/mol. The maximum atomic E-state index is 12.0. The van der Waals surface area contributed by atoms with Crippen molar-refractivity contribution in [1.82, 2.24) is 4.90 Å². The maximum absolute atomic E-state index is 12.0. The van der Waals surface area contributed by atoms with E-state index < -0.39 is 0 Å². The molecule has 0 saturated carbocycles. The Kier molecular flexibility index (Phi) is 4.76. The first-order chi connectivity index (χ1) is 11.1. The fraction of sp³-hybridized carbons (Fsp3) is 0.611. The zero-order valence-electron chi connectivity index (χ0n) is 14.1. The van der Waals surface area contributed by atoms with Gasteiger partial charge in [0, 0.05) is 19.5 Å². The van der Waals surface area contributed by atoms with Crippen molar-refractivity contribution in [3.8, 4) is 11.5 Å². The van der Waals surface area contributed by atoms with Crippen LogP contribution >= 0.6 is 0 Å². The highest BCUT2D eigenvalue weighted by molar-refractivity contribution is 5.78. The van der Waals surface area contributed by atoms with Crippen LogP contribution in [0.3, 0.4) is 0 Å². The number of benzene rings is 1. The van der Waals surface area contributed by atoms with Crippen molar-refractivity contribution in [2.24, 2.45) is 0 Å². The first-order valence-corrected chi connectivity index (χ1v) is 8.48. The number of nitrogens with zero attached hydrogens (tertiary/aromatic N) is 1. The van der Waals surface area contributed by atoms with Crippen LogP contribution in [0.2, 0.25) is 0 Å². The molecule has 0 aromatic heterocycles. The summed E-state index contributed by atoms with van der Waals surface area (Å²) >= 11 is 0. The van der Waals surface area contributed by atoms with Gasteiger partial charge in [-0.1, -0.05) is 0 Å². The van der Waals surface area contributed by atoms with Crippen molar-refractivity contribution >= 4 is 5.97 Å². The second kappa shape index (κ2) is 6.79. The quantitative estimate of drug-likeness (QED) is 0.781. The van der Waals surface area contributed by atoms with Crippen molar-refractivity contribution in [3.05, 3.63) is 23.3 Å². The van der Waals surface area contributed by atoms with Crippen LogP contribution in [0.25, 0.3) is 0 Å². The van der Waals surface area contributed by atoms with Gasteiger partial charge in [0.2, 0.25) is 0 Å². The van der Waals surface area contributed by atoms with Crippen LogP contribution in [0.4, 0.5) is 0 Å². The maximum Gasteiger partial charge on any atom is 0.323 e. The molecule has 1 aromatic carbocycles. The number of hydrogen-bond donors (Lipinski definition) is 0. The van der Waals surface area contributed by atoms with E-state index in [1.807, 2.05) is 20.8 Å². The normalized spacial score (nSPS) is 24.2. The average Bonchev–Trinajstić information content (AvgIpc) is 2.86. The van der Waals surface area contributed by atoms with Gasteiger partial charge in [0.05, 0.1) is 13.2 Å². The number of carbonyl (C=O) groups excluding carboxylic acids is 1. The minimum absolute atomic E-state index is 0.0215. The minimum atomic E-state index is -0.111. The van der Waals surface area contributed by atoms with Gasteiger partial charge < -0.3 is 14.2 Å². The van der Waals surface area contributed by atoms with Gasteiger partial charge in [0.1, 0.15) is 12.1 Å². The van der Waals surface area contributed by atoms with Crippen molar-refractivity contribution in [2.75, 3.05) is 19.8 Å². The molecule has 1 aromatic rings. The van der Waals surface area contributed by atoms with Crippen LogP contribution in [0.15, 0.2) is 12.1 Å². The van der Waals surface area contributed by atoms with Crippen molar-refractivity contribution in [1.29, 1.82) is 0 Å². The Morgan fingerprint density at radius 3 is 2.39 bits per heavy atom. The molecule has 0 radical (unpaired) electrons. The lowest BCUT2D eigenvalue weighted by Crippen LogP contribution is -2.41. The third kappa shape index (κ3) is 3.29. The number of rotatable bonds is 5. The van der Waals surface area contributed by atoms with Crippen LogP contribution in [-0.2, 0) is 22.5 Å². The van der Waals surface area contributed by atoms with Gasteiger partial charge in [-0.25, -0.2) is 0 Å². The molecule has 0 amide bonds. The lowest BCUT2D eigenvalue weighted by molar-refractivity contribution is -0.145. The number of hydrogen-bond acceptors (Lipinski definition) is 5. The lowest BCUT2D eigenvalue weighted by Gasteiger charge is -2.32. The smallest absolute Gasteiger partial charge is 0.323 e. The van der Waals surface area contributed by atoms with E-state index in [1.54, 1.807) is 0 Å². The summed E-state index contributed by atoms with van der Waals surface area (Å²) in [6.45, 7) is 8.76. The fourth-order valence-corrected chi connectivity index (χ4v) is 3.42. The van der Waals surface area contributed by atoms with E-state index in [1.165, 1.54) is 11.1 Å². The Labute approximate surface area is 137 Å². The van der Waals surface area contributed by atoms with E-state index in [4.69, 9.17) is 14.2 Å². The number of cyclic esters (lactones) is 1. The first kappa shape index (κ1) is 16.1. The van der Waals surface area contributed by atoms with Crippen LogP contribution in [0.1, 0.15) is 38.3 Å². The van der Waals surface area contributed by atoms with E-state index in [-0.39, 0.29) is 18.1 Å². The molecule has 2 aliphatic rings. The van der Waals surface area contributed by atoms with Crippen LogP contribution in [-0.4, -0.2) is 42.8 Å². The Bertz CT molecular complexity index is 587. The molecule has 2 atom stereocenters. The molecule has 0 spiro atoms. The molecule has 126 valence electrons. The highest BCUT2D eigenvalue weighted by Crippen LogP contribution is 2.35. The van der Waals surface area contributed by atoms with Crippen molar-refractivity contribution in [3.63, 3.8) is 0 Å². The van der Waals surface area contributed by atoms with Gasteiger partial charge in [0.25, 0.3) is 0 Å². The summed E-state index contributed by atoms with van der Waals surface area (Å²) in [5.74, 6) is 1.52. The SMILES string of the molecule is CCOc1cc2c(cc1OCC)CN([C@@H]1C[C@@H](C)OC1=O)CC2. The van der Waals surface area contributed by atoms with E-state index in [2.05, 4.69) is 17.0 Å². The van der Waals surface area contributed by atoms with Crippen LogP contribution in [0.5, 0.6) is 11.5 Å². The van der Waals surface area contributed by atoms with E-state index in [9.17, 15) is 4.79 Å². The molecule has 0 aliphatic carbocycles. The van der Waals surface area contributed by atoms with E-state index in [0.29, 0.717) is 13.2 Å². The molecule has 2 heterocycles. The standard InChI is InChI=1S/C18H25NO4/c1-4-21-16-9-13-6-7-19(15-8-12(3)23-18(15)20)11-14(13)10-17(16)22-5-2/h9-10,12,15H,4-8,11H2,1-3H3/t12-,15-/m1/s1. The molecule has 1 fully saturated rings. The third-order valence-corrected chi connectivity index (χ3v) is 4.49. The van der Waals surface area contributed by atoms with E-state index >= 15 is 0 Å². The molecule has 5 nitrogen and oxygen atoms in total. The van der Waals surface area contributed by atoms with Crippen molar-refractivity contribution < 1.29 is 19.0 Å². The van der Waals surface area contributed by atoms with Gasteiger partial charge in [-0.05, 0) is 50.5 Å². The Morgan fingerprint density at radius 2 is 1.83 bits per heavy atom. The summed E-state index contributed by atoms with van der Waals surface area (Å²) in [6.07, 6.45) is 1.72. The Hall–Kier alpha value is -1.75.